The van der Waals surface area contributed by atoms with Crippen molar-refractivity contribution in [2.24, 2.45) is 0 Å². The van der Waals surface area contributed by atoms with Crippen molar-refractivity contribution in [3.05, 3.63) is 58.1 Å². The van der Waals surface area contributed by atoms with E-state index in [4.69, 9.17) is 28.9 Å². The molecule has 0 aliphatic heterocycles. The van der Waals surface area contributed by atoms with Crippen LogP contribution in [0, 0.1) is 0 Å². The zero-order chi connectivity index (χ0) is 13.1. The lowest BCUT2D eigenvalue weighted by atomic mass is 10.2. The minimum absolute atomic E-state index is 0.253. The van der Waals surface area contributed by atoms with E-state index in [0.717, 1.165) is 0 Å². The zero-order valence-electron chi connectivity index (χ0n) is 9.28. The van der Waals surface area contributed by atoms with E-state index in [2.05, 4.69) is 5.32 Å². The van der Waals surface area contributed by atoms with Gasteiger partial charge in [0, 0.05) is 11.4 Å². The van der Waals surface area contributed by atoms with Crippen molar-refractivity contribution in [3.63, 3.8) is 0 Å². The van der Waals surface area contributed by atoms with Gasteiger partial charge in [0.05, 0.1) is 15.6 Å². The van der Waals surface area contributed by atoms with Crippen molar-refractivity contribution in [2.45, 2.75) is 0 Å². The molecule has 0 radical (unpaired) electrons. The molecule has 0 aromatic heterocycles. The van der Waals surface area contributed by atoms with Gasteiger partial charge in [-0.15, -0.1) is 0 Å². The highest BCUT2D eigenvalue weighted by Gasteiger charge is 2.14. The molecule has 0 fully saturated rings. The third-order valence-corrected chi connectivity index (χ3v) is 2.96. The number of nitrogens with two attached hydrogens (primary N) is 1. The number of carbonyl (C=O) groups excluding carboxylic acids is 1. The van der Waals surface area contributed by atoms with Crippen molar-refractivity contribution in [3.8, 4) is 0 Å². The summed E-state index contributed by atoms with van der Waals surface area (Å²) in [5.41, 5.74) is 7.04. The maximum absolute atomic E-state index is 12.0. The summed E-state index contributed by atoms with van der Waals surface area (Å²) in [6, 6.07) is 11.8. The van der Waals surface area contributed by atoms with Crippen molar-refractivity contribution in [2.75, 3.05) is 11.1 Å². The zero-order valence-corrected chi connectivity index (χ0v) is 10.8. The fourth-order valence-corrected chi connectivity index (χ4v) is 2.09. The molecule has 0 bridgehead atoms. The fourth-order valence-electron chi connectivity index (χ4n) is 1.52. The second kappa shape index (κ2) is 5.29. The molecule has 18 heavy (non-hydrogen) atoms. The molecular formula is C13H10Cl2N2O. The predicted molar refractivity (Wildman–Crippen MR) is 75.3 cm³/mol. The van der Waals surface area contributed by atoms with Gasteiger partial charge >= 0.3 is 0 Å². The quantitative estimate of drug-likeness (QED) is 0.822. The maximum atomic E-state index is 12.0. The molecule has 0 aliphatic carbocycles. The van der Waals surface area contributed by atoms with Crippen LogP contribution in [0.15, 0.2) is 42.5 Å². The lowest BCUT2D eigenvalue weighted by Gasteiger charge is -2.08. The number of rotatable bonds is 2. The van der Waals surface area contributed by atoms with Crippen LogP contribution in [0.25, 0.3) is 0 Å². The summed E-state index contributed by atoms with van der Waals surface area (Å²) in [6.45, 7) is 0. The number of carbonyl (C=O) groups is 1. The molecule has 0 saturated carbocycles. The van der Waals surface area contributed by atoms with Crippen LogP contribution in [0.1, 0.15) is 10.4 Å². The summed E-state index contributed by atoms with van der Waals surface area (Å²) in [6.07, 6.45) is 0. The van der Waals surface area contributed by atoms with Crippen LogP contribution in [0.3, 0.4) is 0 Å². The van der Waals surface area contributed by atoms with E-state index >= 15 is 0 Å². The molecule has 0 aliphatic rings. The fraction of sp³-hybridized carbons (Fsp3) is 0. The molecule has 2 rings (SSSR count). The van der Waals surface area contributed by atoms with Gasteiger partial charge in [-0.3, -0.25) is 4.79 Å². The number of amides is 1. The molecule has 0 atom stereocenters. The Kier molecular flexibility index (Phi) is 3.75. The number of hydrogen-bond acceptors (Lipinski definition) is 2. The Hall–Kier alpha value is -1.71. The number of nitrogens with one attached hydrogen (secondary N) is 1. The Bertz CT molecular complexity index is 579. The topological polar surface area (TPSA) is 55.1 Å². The van der Waals surface area contributed by atoms with Crippen LogP contribution in [0.2, 0.25) is 10.0 Å². The number of benzene rings is 2. The molecule has 0 saturated heterocycles. The van der Waals surface area contributed by atoms with Gasteiger partial charge in [0.1, 0.15) is 0 Å². The second-order valence-corrected chi connectivity index (χ2v) is 4.49. The van der Waals surface area contributed by atoms with E-state index in [-0.39, 0.29) is 11.5 Å². The molecule has 0 spiro atoms. The highest BCUT2D eigenvalue weighted by atomic mass is 35.5. The van der Waals surface area contributed by atoms with Crippen molar-refractivity contribution in [1.29, 1.82) is 0 Å². The smallest absolute Gasteiger partial charge is 0.258 e. The molecular weight excluding hydrogens is 271 g/mol. The van der Waals surface area contributed by atoms with Gasteiger partial charge in [-0.1, -0.05) is 35.3 Å². The van der Waals surface area contributed by atoms with E-state index in [1.54, 1.807) is 42.5 Å². The second-order valence-electron chi connectivity index (χ2n) is 3.68. The SMILES string of the molecule is Nc1cccc(NC(=O)c2c(Cl)cccc2Cl)c1. The normalized spacial score (nSPS) is 10.1. The van der Waals surface area contributed by atoms with E-state index in [9.17, 15) is 4.79 Å². The highest BCUT2D eigenvalue weighted by molar-refractivity contribution is 6.40. The summed E-state index contributed by atoms with van der Waals surface area (Å²) in [4.78, 5) is 12.0. The Morgan fingerprint density at radius 2 is 1.67 bits per heavy atom. The van der Waals surface area contributed by atoms with E-state index < -0.39 is 0 Å². The maximum Gasteiger partial charge on any atom is 0.258 e. The van der Waals surface area contributed by atoms with Crippen LogP contribution in [-0.2, 0) is 0 Å². The first-order valence-electron chi connectivity index (χ1n) is 5.19. The largest absolute Gasteiger partial charge is 0.399 e. The van der Waals surface area contributed by atoms with Gasteiger partial charge in [-0.2, -0.15) is 0 Å². The Balaban J connectivity index is 2.28. The van der Waals surface area contributed by atoms with Crippen LogP contribution in [0.4, 0.5) is 11.4 Å². The van der Waals surface area contributed by atoms with E-state index in [0.29, 0.717) is 21.4 Å². The summed E-state index contributed by atoms with van der Waals surface area (Å²) in [5.74, 6) is -0.365. The Labute approximate surface area is 115 Å². The van der Waals surface area contributed by atoms with Gasteiger partial charge in [0.2, 0.25) is 0 Å². The highest BCUT2D eigenvalue weighted by Crippen LogP contribution is 2.25. The first-order valence-corrected chi connectivity index (χ1v) is 5.94. The molecule has 5 heteroatoms. The molecule has 0 unspecified atom stereocenters. The number of halogens is 2. The first-order chi connectivity index (χ1) is 8.58. The average Bonchev–Trinajstić information content (AvgIpc) is 2.28. The van der Waals surface area contributed by atoms with Crippen LogP contribution >= 0.6 is 23.2 Å². The summed E-state index contributed by atoms with van der Waals surface area (Å²) in [5, 5.41) is 3.31. The van der Waals surface area contributed by atoms with Crippen molar-refractivity contribution < 1.29 is 4.79 Å². The number of nitrogen functional groups attached to an aromatic ring is 1. The standard InChI is InChI=1S/C13H10Cl2N2O/c14-10-5-2-6-11(15)12(10)13(18)17-9-4-1-3-8(16)7-9/h1-7H,16H2,(H,17,18). The molecule has 0 heterocycles. The van der Waals surface area contributed by atoms with E-state index in [1.807, 2.05) is 0 Å². The first kappa shape index (κ1) is 12.7. The summed E-state index contributed by atoms with van der Waals surface area (Å²) < 4.78 is 0. The lowest BCUT2D eigenvalue weighted by Crippen LogP contribution is -2.13. The van der Waals surface area contributed by atoms with Gasteiger partial charge in [0.25, 0.3) is 5.91 Å². The molecule has 1 amide bonds. The number of anilines is 2. The summed E-state index contributed by atoms with van der Waals surface area (Å²) >= 11 is 11.9. The third-order valence-electron chi connectivity index (χ3n) is 2.33. The Morgan fingerprint density at radius 3 is 2.28 bits per heavy atom. The molecule has 3 nitrogen and oxygen atoms in total. The summed E-state index contributed by atoms with van der Waals surface area (Å²) in [7, 11) is 0. The number of hydrogen-bond donors (Lipinski definition) is 2. The van der Waals surface area contributed by atoms with Crippen molar-refractivity contribution in [1.82, 2.24) is 0 Å². The minimum atomic E-state index is -0.365. The molecule has 92 valence electrons. The van der Waals surface area contributed by atoms with Crippen molar-refractivity contribution >= 4 is 40.5 Å². The van der Waals surface area contributed by atoms with Gasteiger partial charge in [-0.25, -0.2) is 0 Å². The van der Waals surface area contributed by atoms with Crippen LogP contribution in [-0.4, -0.2) is 5.91 Å². The third kappa shape index (κ3) is 2.75. The van der Waals surface area contributed by atoms with Gasteiger partial charge < -0.3 is 11.1 Å². The molecule has 2 aromatic carbocycles. The van der Waals surface area contributed by atoms with Gasteiger partial charge in [0.15, 0.2) is 0 Å². The van der Waals surface area contributed by atoms with Crippen LogP contribution in [0.5, 0.6) is 0 Å². The molecule has 2 aromatic rings. The minimum Gasteiger partial charge on any atom is -0.399 e. The lowest BCUT2D eigenvalue weighted by molar-refractivity contribution is 0.102. The Morgan fingerprint density at radius 1 is 1.06 bits per heavy atom. The predicted octanol–water partition coefficient (Wildman–Crippen LogP) is 3.83. The average molecular weight is 281 g/mol. The molecule has 3 N–H and O–H groups in total. The van der Waals surface area contributed by atoms with E-state index in [1.165, 1.54) is 0 Å². The van der Waals surface area contributed by atoms with Gasteiger partial charge in [-0.05, 0) is 30.3 Å². The van der Waals surface area contributed by atoms with Crippen LogP contribution < -0.4 is 11.1 Å². The monoisotopic (exact) mass is 280 g/mol.